The lowest BCUT2D eigenvalue weighted by Gasteiger charge is -2.44. The molecule has 2 bridgehead atoms. The molecule has 2 fully saturated rings. The van der Waals surface area contributed by atoms with Crippen molar-refractivity contribution in [1.82, 2.24) is 0 Å². The molecule has 1 N–H and O–H groups in total. The zero-order valence-electron chi connectivity index (χ0n) is 13.8. The Bertz CT molecular complexity index is 547. The van der Waals surface area contributed by atoms with Gasteiger partial charge in [0, 0.05) is 20.1 Å². The minimum Gasteiger partial charge on any atom is -0.379 e. The Morgan fingerprint density at radius 2 is 1.95 bits per heavy atom. The lowest BCUT2D eigenvalue weighted by Crippen LogP contribution is -2.46. The van der Waals surface area contributed by atoms with Gasteiger partial charge in [0.2, 0.25) is 0 Å². The van der Waals surface area contributed by atoms with Crippen LogP contribution in [0.2, 0.25) is 5.02 Å². The highest BCUT2D eigenvalue weighted by molar-refractivity contribution is 6.34. The second-order valence-electron chi connectivity index (χ2n) is 8.02. The van der Waals surface area contributed by atoms with Gasteiger partial charge in [0.1, 0.15) is 0 Å². The van der Waals surface area contributed by atoms with E-state index < -0.39 is 0 Å². The second-order valence-corrected chi connectivity index (χ2v) is 8.43. The predicted molar refractivity (Wildman–Crippen MR) is 92.4 cm³/mol. The van der Waals surface area contributed by atoms with Crippen LogP contribution in [0.4, 0.5) is 11.4 Å². The third kappa shape index (κ3) is 2.23. The molecule has 2 nitrogen and oxygen atoms in total. The van der Waals surface area contributed by atoms with Gasteiger partial charge in [0.05, 0.1) is 16.4 Å². The zero-order valence-corrected chi connectivity index (χ0v) is 14.6. The van der Waals surface area contributed by atoms with E-state index in [0.29, 0.717) is 16.9 Å². The predicted octanol–water partition coefficient (Wildman–Crippen LogP) is 5.03. The molecule has 116 valence electrons. The zero-order chi connectivity index (χ0) is 15.4. The number of halogens is 1. The van der Waals surface area contributed by atoms with Gasteiger partial charge in [-0.25, -0.2) is 0 Å². The number of para-hydroxylation sites is 1. The minimum absolute atomic E-state index is 0.346. The smallest absolute Gasteiger partial charge is 0.0786 e. The maximum absolute atomic E-state index is 6.41. The number of nitrogens with zero attached hydrogens (tertiary/aromatic N) is 1. The monoisotopic (exact) mass is 306 g/mol. The second kappa shape index (κ2) is 4.81. The maximum Gasteiger partial charge on any atom is 0.0786 e. The lowest BCUT2D eigenvalue weighted by atomic mass is 9.68. The first-order valence-electron chi connectivity index (χ1n) is 7.98. The maximum atomic E-state index is 6.41. The Morgan fingerprint density at radius 1 is 1.24 bits per heavy atom. The minimum atomic E-state index is 0.346. The van der Waals surface area contributed by atoms with Crippen LogP contribution in [0.15, 0.2) is 18.2 Å². The fourth-order valence-electron chi connectivity index (χ4n) is 4.90. The Balaban J connectivity index is 1.96. The highest BCUT2D eigenvalue weighted by Gasteiger charge is 2.59. The van der Waals surface area contributed by atoms with Crippen LogP contribution in [-0.4, -0.2) is 20.1 Å². The summed E-state index contributed by atoms with van der Waals surface area (Å²) in [6.07, 6.45) is 4.09. The van der Waals surface area contributed by atoms with Gasteiger partial charge in [-0.3, -0.25) is 0 Å². The molecule has 2 saturated carbocycles. The average Bonchev–Trinajstić information content (AvgIpc) is 2.85. The van der Waals surface area contributed by atoms with E-state index in [1.165, 1.54) is 24.9 Å². The van der Waals surface area contributed by atoms with Crippen molar-refractivity contribution in [3.8, 4) is 0 Å². The van der Waals surface area contributed by atoms with Crippen molar-refractivity contribution >= 4 is 23.0 Å². The van der Waals surface area contributed by atoms with Gasteiger partial charge in [-0.15, -0.1) is 0 Å². The van der Waals surface area contributed by atoms with E-state index in [2.05, 4.69) is 51.1 Å². The number of rotatable bonds is 3. The van der Waals surface area contributed by atoms with Crippen molar-refractivity contribution in [3.05, 3.63) is 23.2 Å². The van der Waals surface area contributed by atoms with Crippen LogP contribution in [0, 0.1) is 16.7 Å². The molecule has 0 saturated heterocycles. The van der Waals surface area contributed by atoms with E-state index in [0.717, 1.165) is 16.6 Å². The molecular weight excluding hydrogens is 280 g/mol. The summed E-state index contributed by atoms with van der Waals surface area (Å²) in [6, 6.07) is 6.68. The third-order valence-corrected chi connectivity index (χ3v) is 6.31. The molecule has 0 heterocycles. The number of fused-ring (bicyclic) bond motifs is 2. The highest BCUT2D eigenvalue weighted by atomic mass is 35.5. The normalized spacial score (nSPS) is 33.2. The van der Waals surface area contributed by atoms with Gasteiger partial charge in [-0.05, 0) is 48.1 Å². The van der Waals surface area contributed by atoms with Crippen LogP contribution in [0.1, 0.15) is 40.0 Å². The summed E-state index contributed by atoms with van der Waals surface area (Å²) < 4.78 is 0. The van der Waals surface area contributed by atoms with Crippen molar-refractivity contribution in [2.45, 2.75) is 46.1 Å². The molecule has 2 aliphatic rings. The van der Waals surface area contributed by atoms with Gasteiger partial charge < -0.3 is 10.2 Å². The van der Waals surface area contributed by atoms with Crippen molar-refractivity contribution < 1.29 is 0 Å². The Labute approximate surface area is 133 Å². The summed E-state index contributed by atoms with van der Waals surface area (Å²) in [5.41, 5.74) is 3.03. The number of benzene rings is 1. The molecule has 0 amide bonds. The average molecular weight is 307 g/mol. The first kappa shape index (κ1) is 15.0. The Hall–Kier alpha value is -0.890. The molecule has 0 spiro atoms. The summed E-state index contributed by atoms with van der Waals surface area (Å²) in [7, 11) is 4.11. The summed E-state index contributed by atoms with van der Waals surface area (Å²) in [6.45, 7) is 7.32. The number of anilines is 2. The van der Waals surface area contributed by atoms with E-state index in [9.17, 15) is 0 Å². The van der Waals surface area contributed by atoms with Crippen molar-refractivity contribution in [2.24, 2.45) is 16.7 Å². The summed E-state index contributed by atoms with van der Waals surface area (Å²) >= 11 is 6.41. The number of nitrogens with one attached hydrogen (secondary N) is 1. The van der Waals surface area contributed by atoms with Gasteiger partial charge in [0.15, 0.2) is 0 Å². The van der Waals surface area contributed by atoms with Crippen molar-refractivity contribution in [2.75, 3.05) is 24.3 Å². The fourth-order valence-corrected chi connectivity index (χ4v) is 5.25. The Morgan fingerprint density at radius 3 is 2.52 bits per heavy atom. The fraction of sp³-hybridized carbons (Fsp3) is 0.667. The van der Waals surface area contributed by atoms with Crippen LogP contribution < -0.4 is 10.2 Å². The summed E-state index contributed by atoms with van der Waals surface area (Å²) in [5, 5.41) is 4.68. The summed E-state index contributed by atoms with van der Waals surface area (Å²) in [4.78, 5) is 2.10. The molecule has 3 rings (SSSR count). The molecule has 0 radical (unpaired) electrons. The molecule has 0 aromatic heterocycles. The van der Waals surface area contributed by atoms with Gasteiger partial charge in [-0.2, -0.15) is 0 Å². The van der Waals surface area contributed by atoms with Crippen LogP contribution in [-0.2, 0) is 0 Å². The van der Waals surface area contributed by atoms with Gasteiger partial charge in [0.25, 0.3) is 0 Å². The first-order valence-corrected chi connectivity index (χ1v) is 8.36. The van der Waals surface area contributed by atoms with Crippen LogP contribution in [0.5, 0.6) is 0 Å². The molecule has 3 heteroatoms. The van der Waals surface area contributed by atoms with Crippen LogP contribution >= 0.6 is 11.6 Å². The Kier molecular flexibility index (Phi) is 3.44. The van der Waals surface area contributed by atoms with Crippen LogP contribution in [0.25, 0.3) is 0 Å². The van der Waals surface area contributed by atoms with E-state index in [1.54, 1.807) is 0 Å². The van der Waals surface area contributed by atoms with Crippen molar-refractivity contribution in [1.29, 1.82) is 0 Å². The molecule has 0 aliphatic heterocycles. The third-order valence-electron chi connectivity index (χ3n) is 6.00. The van der Waals surface area contributed by atoms with E-state index in [4.69, 9.17) is 11.6 Å². The summed E-state index contributed by atoms with van der Waals surface area (Å²) in [5.74, 6) is 0.849. The lowest BCUT2D eigenvalue weighted by molar-refractivity contribution is 0.155. The molecule has 1 aromatic carbocycles. The topological polar surface area (TPSA) is 15.3 Å². The van der Waals surface area contributed by atoms with Crippen molar-refractivity contribution in [3.63, 3.8) is 0 Å². The molecular formula is C18H27ClN2. The standard InChI is InChI=1S/C18H27ClN2/c1-17(2)12-9-10-18(3,11-12)16(17)20-14-8-6-7-13(19)15(14)21(4)5/h6-8,12,16,20H,9-11H2,1-5H3/t12-,16?,18+/m0/s1. The molecule has 1 aromatic rings. The molecule has 3 atom stereocenters. The molecule has 1 unspecified atom stereocenters. The van der Waals surface area contributed by atoms with E-state index >= 15 is 0 Å². The van der Waals surface area contributed by atoms with Gasteiger partial charge >= 0.3 is 0 Å². The molecule has 2 aliphatic carbocycles. The van der Waals surface area contributed by atoms with E-state index in [1.807, 2.05) is 12.1 Å². The SMILES string of the molecule is CN(C)c1c(Cl)cccc1NC1C(C)(C)[C@H]2CC[C@]1(C)C2. The van der Waals surface area contributed by atoms with Crippen LogP contribution in [0.3, 0.4) is 0 Å². The number of hydrogen-bond donors (Lipinski definition) is 1. The highest BCUT2D eigenvalue weighted by Crippen LogP contribution is 2.63. The first-order chi connectivity index (χ1) is 9.75. The van der Waals surface area contributed by atoms with E-state index in [-0.39, 0.29) is 0 Å². The quantitative estimate of drug-likeness (QED) is 0.842. The largest absolute Gasteiger partial charge is 0.379 e. The van der Waals surface area contributed by atoms with Gasteiger partial charge in [-0.1, -0.05) is 38.4 Å². The number of hydrogen-bond acceptors (Lipinski definition) is 2. The molecule has 21 heavy (non-hydrogen) atoms.